The molecule has 3 nitrogen and oxygen atoms in total. The molecule has 1 unspecified atom stereocenters. The number of nitrogens with two attached hydrogens (primary N) is 1. The van der Waals surface area contributed by atoms with E-state index in [1.54, 1.807) is 6.26 Å². The molecule has 0 aliphatic carbocycles. The molecule has 3 heteroatoms. The Labute approximate surface area is 114 Å². The molecule has 3 rings (SSSR count). The first-order chi connectivity index (χ1) is 9.38. The Bertz CT molecular complexity index is 521. The second-order valence-electron chi connectivity index (χ2n) is 5.15. The molecular weight excluding hydrogens is 236 g/mol. The molecule has 0 spiro atoms. The van der Waals surface area contributed by atoms with Gasteiger partial charge >= 0.3 is 0 Å². The molecule has 0 saturated heterocycles. The van der Waals surface area contributed by atoms with Gasteiger partial charge in [-0.15, -0.1) is 0 Å². The summed E-state index contributed by atoms with van der Waals surface area (Å²) in [4.78, 5) is 2.47. The molecule has 0 bridgehead atoms. The highest BCUT2D eigenvalue weighted by atomic mass is 16.3. The molecule has 2 N–H and O–H groups in total. The molecule has 0 fully saturated rings. The summed E-state index contributed by atoms with van der Waals surface area (Å²) >= 11 is 0. The molecule has 0 saturated carbocycles. The highest BCUT2D eigenvalue weighted by Crippen LogP contribution is 2.26. The zero-order valence-corrected chi connectivity index (χ0v) is 11.1. The Hall–Kier alpha value is -1.58. The summed E-state index contributed by atoms with van der Waals surface area (Å²) in [5.41, 5.74) is 10.1. The van der Waals surface area contributed by atoms with Crippen LogP contribution in [0.15, 0.2) is 47.3 Å². The molecule has 1 aromatic heterocycles. The molecule has 0 amide bonds. The van der Waals surface area contributed by atoms with E-state index in [1.807, 2.05) is 12.3 Å². The van der Waals surface area contributed by atoms with E-state index in [-0.39, 0.29) is 6.04 Å². The molecule has 19 heavy (non-hydrogen) atoms. The molecule has 1 aliphatic heterocycles. The van der Waals surface area contributed by atoms with Gasteiger partial charge < -0.3 is 10.2 Å². The lowest BCUT2D eigenvalue weighted by atomic mass is 10.0. The molecule has 1 atom stereocenters. The SMILES string of the molecule is NCC(c1ccoc1)N1CCCc2ccccc2C1. The van der Waals surface area contributed by atoms with Crippen LogP contribution in [0.3, 0.4) is 0 Å². The molecule has 1 aromatic carbocycles. The maximum absolute atomic E-state index is 5.98. The first kappa shape index (κ1) is 12.5. The average molecular weight is 256 g/mol. The monoisotopic (exact) mass is 256 g/mol. The van der Waals surface area contributed by atoms with Crippen LogP contribution in [-0.2, 0) is 13.0 Å². The molecule has 100 valence electrons. The van der Waals surface area contributed by atoms with Crippen LogP contribution >= 0.6 is 0 Å². The number of benzene rings is 1. The van der Waals surface area contributed by atoms with Gasteiger partial charge in [0.15, 0.2) is 0 Å². The summed E-state index contributed by atoms with van der Waals surface area (Å²) < 4.78 is 5.21. The van der Waals surface area contributed by atoms with E-state index >= 15 is 0 Å². The van der Waals surface area contributed by atoms with Crippen molar-refractivity contribution in [1.82, 2.24) is 4.90 Å². The Kier molecular flexibility index (Phi) is 3.67. The van der Waals surface area contributed by atoms with E-state index in [1.165, 1.54) is 23.1 Å². The molecule has 1 aliphatic rings. The normalized spacial score (nSPS) is 17.7. The van der Waals surface area contributed by atoms with Gasteiger partial charge in [0.1, 0.15) is 0 Å². The number of fused-ring (bicyclic) bond motifs is 1. The zero-order valence-electron chi connectivity index (χ0n) is 11.1. The van der Waals surface area contributed by atoms with Gasteiger partial charge in [0.05, 0.1) is 18.6 Å². The first-order valence-corrected chi connectivity index (χ1v) is 6.91. The molecule has 0 radical (unpaired) electrons. The minimum absolute atomic E-state index is 0.255. The van der Waals surface area contributed by atoms with Crippen molar-refractivity contribution >= 4 is 0 Å². The molecule has 2 heterocycles. The van der Waals surface area contributed by atoms with Crippen molar-refractivity contribution in [3.63, 3.8) is 0 Å². The predicted octanol–water partition coefficient (Wildman–Crippen LogP) is 2.73. The lowest BCUT2D eigenvalue weighted by Crippen LogP contribution is -2.33. The van der Waals surface area contributed by atoms with Gasteiger partial charge in [-0.3, -0.25) is 4.90 Å². The maximum Gasteiger partial charge on any atom is 0.0950 e. The van der Waals surface area contributed by atoms with Crippen LogP contribution in [0.5, 0.6) is 0 Å². The minimum atomic E-state index is 0.255. The fraction of sp³-hybridized carbons (Fsp3) is 0.375. The molecular formula is C16H20N2O. The second kappa shape index (κ2) is 5.59. The standard InChI is InChI=1S/C16H20N2O/c17-10-16(15-7-9-19-12-15)18-8-3-6-13-4-1-2-5-14(13)11-18/h1-2,4-5,7,9,12,16H,3,6,8,10-11,17H2. The van der Waals surface area contributed by atoms with Crippen LogP contribution < -0.4 is 5.73 Å². The highest BCUT2D eigenvalue weighted by molar-refractivity contribution is 5.28. The topological polar surface area (TPSA) is 42.4 Å². The fourth-order valence-corrected chi connectivity index (χ4v) is 2.95. The van der Waals surface area contributed by atoms with Crippen LogP contribution in [-0.4, -0.2) is 18.0 Å². The van der Waals surface area contributed by atoms with Crippen molar-refractivity contribution in [2.24, 2.45) is 5.73 Å². The van der Waals surface area contributed by atoms with Gasteiger partial charge in [-0.2, -0.15) is 0 Å². The van der Waals surface area contributed by atoms with E-state index in [4.69, 9.17) is 10.2 Å². The molecule has 2 aromatic rings. The average Bonchev–Trinajstić information content (AvgIpc) is 2.87. The van der Waals surface area contributed by atoms with Crippen LogP contribution in [0, 0.1) is 0 Å². The Morgan fingerprint density at radius 2 is 2.05 bits per heavy atom. The van der Waals surface area contributed by atoms with Gasteiger partial charge in [0.25, 0.3) is 0 Å². The Morgan fingerprint density at radius 3 is 2.79 bits per heavy atom. The van der Waals surface area contributed by atoms with Gasteiger partial charge in [-0.25, -0.2) is 0 Å². The summed E-state index contributed by atoms with van der Waals surface area (Å²) in [6.07, 6.45) is 5.89. The van der Waals surface area contributed by atoms with Crippen LogP contribution in [0.1, 0.15) is 29.2 Å². The van der Waals surface area contributed by atoms with Gasteiger partial charge in [0.2, 0.25) is 0 Å². The van der Waals surface area contributed by atoms with Crippen LogP contribution in [0.25, 0.3) is 0 Å². The van der Waals surface area contributed by atoms with Gasteiger partial charge in [0, 0.05) is 18.7 Å². The zero-order chi connectivity index (χ0) is 13.1. The van der Waals surface area contributed by atoms with Crippen molar-refractivity contribution in [1.29, 1.82) is 0 Å². The number of hydrogen-bond acceptors (Lipinski definition) is 3. The largest absolute Gasteiger partial charge is 0.472 e. The van der Waals surface area contributed by atoms with E-state index < -0.39 is 0 Å². The number of rotatable bonds is 3. The van der Waals surface area contributed by atoms with Crippen molar-refractivity contribution in [2.75, 3.05) is 13.1 Å². The number of furan rings is 1. The van der Waals surface area contributed by atoms with Crippen molar-refractivity contribution in [2.45, 2.75) is 25.4 Å². The summed E-state index contributed by atoms with van der Waals surface area (Å²) in [7, 11) is 0. The van der Waals surface area contributed by atoms with Crippen LogP contribution in [0.4, 0.5) is 0 Å². The summed E-state index contributed by atoms with van der Waals surface area (Å²) in [5, 5.41) is 0. The van der Waals surface area contributed by atoms with Gasteiger partial charge in [-0.05, 0) is 36.6 Å². The van der Waals surface area contributed by atoms with Crippen molar-refractivity contribution < 1.29 is 4.42 Å². The highest BCUT2D eigenvalue weighted by Gasteiger charge is 2.22. The van der Waals surface area contributed by atoms with E-state index in [9.17, 15) is 0 Å². The number of hydrogen-bond donors (Lipinski definition) is 1. The van der Waals surface area contributed by atoms with Crippen molar-refractivity contribution in [3.05, 3.63) is 59.5 Å². The number of aryl methyl sites for hydroxylation is 1. The van der Waals surface area contributed by atoms with Crippen LogP contribution in [0.2, 0.25) is 0 Å². The van der Waals surface area contributed by atoms with E-state index in [2.05, 4.69) is 29.2 Å². The Balaban J connectivity index is 1.85. The summed E-state index contributed by atoms with van der Waals surface area (Å²) in [6.45, 7) is 2.69. The Morgan fingerprint density at radius 1 is 1.21 bits per heavy atom. The predicted molar refractivity (Wildman–Crippen MR) is 75.7 cm³/mol. The van der Waals surface area contributed by atoms with E-state index in [0.29, 0.717) is 6.54 Å². The fourth-order valence-electron chi connectivity index (χ4n) is 2.95. The first-order valence-electron chi connectivity index (χ1n) is 6.91. The third-order valence-electron chi connectivity index (χ3n) is 3.98. The van der Waals surface area contributed by atoms with Crippen molar-refractivity contribution in [3.8, 4) is 0 Å². The quantitative estimate of drug-likeness (QED) is 0.918. The lowest BCUT2D eigenvalue weighted by molar-refractivity contribution is 0.195. The third kappa shape index (κ3) is 2.57. The number of nitrogens with zero attached hydrogens (tertiary/aromatic N) is 1. The second-order valence-corrected chi connectivity index (χ2v) is 5.15. The van der Waals surface area contributed by atoms with E-state index in [0.717, 1.165) is 19.5 Å². The third-order valence-corrected chi connectivity index (χ3v) is 3.98. The minimum Gasteiger partial charge on any atom is -0.472 e. The van der Waals surface area contributed by atoms with Gasteiger partial charge in [-0.1, -0.05) is 24.3 Å². The maximum atomic E-state index is 5.98. The summed E-state index contributed by atoms with van der Waals surface area (Å²) in [6, 6.07) is 11.0. The smallest absolute Gasteiger partial charge is 0.0950 e. The summed E-state index contributed by atoms with van der Waals surface area (Å²) in [5.74, 6) is 0. The lowest BCUT2D eigenvalue weighted by Gasteiger charge is -2.29.